The minimum Gasteiger partial charge on any atom is -0.480 e. The van der Waals surface area contributed by atoms with Crippen molar-refractivity contribution < 1.29 is 14.7 Å². The molecule has 2 N–H and O–H groups in total. The summed E-state index contributed by atoms with van der Waals surface area (Å²) in [4.78, 5) is 26.3. The molecule has 6 heteroatoms. The van der Waals surface area contributed by atoms with Gasteiger partial charge in [0.15, 0.2) is 0 Å². The number of hydrogen-bond donors (Lipinski definition) is 2. The van der Waals surface area contributed by atoms with Crippen LogP contribution >= 0.6 is 0 Å². The molecule has 0 radical (unpaired) electrons. The second-order valence-electron chi connectivity index (χ2n) is 5.04. The lowest BCUT2D eigenvalue weighted by Gasteiger charge is -2.29. The number of carbonyl (C=O) groups excluding carboxylic acids is 1. The van der Waals surface area contributed by atoms with Crippen molar-refractivity contribution in [3.8, 4) is 0 Å². The fourth-order valence-corrected chi connectivity index (χ4v) is 2.05. The highest BCUT2D eigenvalue weighted by atomic mass is 16.4. The molecule has 0 atom stereocenters. The molecule has 0 aromatic carbocycles. The van der Waals surface area contributed by atoms with Gasteiger partial charge in [0.25, 0.3) is 0 Å². The van der Waals surface area contributed by atoms with Gasteiger partial charge in [0.1, 0.15) is 6.54 Å². The zero-order valence-electron chi connectivity index (χ0n) is 11.2. The van der Waals surface area contributed by atoms with E-state index >= 15 is 0 Å². The third kappa shape index (κ3) is 4.91. The molecule has 18 heavy (non-hydrogen) atoms. The molecule has 0 spiro atoms. The Bertz CT molecular complexity index is 286. The predicted molar refractivity (Wildman–Crippen MR) is 68.5 cm³/mol. The first-order valence-corrected chi connectivity index (χ1v) is 6.47. The van der Waals surface area contributed by atoms with Crippen molar-refractivity contribution in [2.75, 3.05) is 39.3 Å². The van der Waals surface area contributed by atoms with Crippen LogP contribution in [0, 0.1) is 5.92 Å². The fraction of sp³-hybridized carbons (Fsp3) is 0.833. The average molecular weight is 257 g/mol. The number of rotatable bonds is 4. The lowest BCUT2D eigenvalue weighted by molar-refractivity contribution is -0.137. The molecule has 6 nitrogen and oxygen atoms in total. The maximum atomic E-state index is 12.3. The second-order valence-corrected chi connectivity index (χ2v) is 5.04. The lowest BCUT2D eigenvalue weighted by atomic mass is 10.2. The van der Waals surface area contributed by atoms with Crippen LogP contribution in [-0.4, -0.2) is 66.2 Å². The van der Waals surface area contributed by atoms with E-state index < -0.39 is 5.97 Å². The lowest BCUT2D eigenvalue weighted by Crippen LogP contribution is -2.47. The summed E-state index contributed by atoms with van der Waals surface area (Å²) in [5.41, 5.74) is 0. The van der Waals surface area contributed by atoms with Gasteiger partial charge in [-0.3, -0.25) is 4.79 Å². The Morgan fingerprint density at radius 1 is 1.33 bits per heavy atom. The van der Waals surface area contributed by atoms with Crippen molar-refractivity contribution in [2.45, 2.75) is 20.3 Å². The molecular formula is C12H23N3O3. The van der Waals surface area contributed by atoms with E-state index in [9.17, 15) is 9.59 Å². The monoisotopic (exact) mass is 257 g/mol. The zero-order valence-corrected chi connectivity index (χ0v) is 11.2. The van der Waals surface area contributed by atoms with Crippen molar-refractivity contribution in [1.82, 2.24) is 15.1 Å². The van der Waals surface area contributed by atoms with Gasteiger partial charge >= 0.3 is 12.0 Å². The maximum Gasteiger partial charge on any atom is 0.323 e. The molecule has 1 aliphatic rings. The van der Waals surface area contributed by atoms with Crippen molar-refractivity contribution in [2.24, 2.45) is 5.92 Å². The quantitative estimate of drug-likeness (QED) is 0.766. The fourth-order valence-electron chi connectivity index (χ4n) is 2.05. The summed E-state index contributed by atoms with van der Waals surface area (Å²) in [7, 11) is 0. The van der Waals surface area contributed by atoms with Gasteiger partial charge in [-0.25, -0.2) is 4.79 Å². The Morgan fingerprint density at radius 2 is 2.06 bits per heavy atom. The summed E-state index contributed by atoms with van der Waals surface area (Å²) >= 11 is 0. The van der Waals surface area contributed by atoms with Crippen LogP contribution in [0.2, 0.25) is 0 Å². The van der Waals surface area contributed by atoms with E-state index in [0.29, 0.717) is 19.6 Å². The van der Waals surface area contributed by atoms with E-state index in [1.807, 2.05) is 13.8 Å². The van der Waals surface area contributed by atoms with Crippen molar-refractivity contribution in [1.29, 1.82) is 0 Å². The highest BCUT2D eigenvalue weighted by Gasteiger charge is 2.23. The molecule has 0 aromatic heterocycles. The highest BCUT2D eigenvalue weighted by Crippen LogP contribution is 2.06. The van der Waals surface area contributed by atoms with Crippen LogP contribution in [0.15, 0.2) is 0 Å². The molecule has 0 aliphatic carbocycles. The molecule has 0 unspecified atom stereocenters. The molecule has 0 aromatic rings. The molecule has 0 saturated carbocycles. The summed E-state index contributed by atoms with van der Waals surface area (Å²) in [5.74, 6) is -0.699. The van der Waals surface area contributed by atoms with E-state index in [1.54, 1.807) is 4.90 Å². The van der Waals surface area contributed by atoms with Crippen LogP contribution in [0.25, 0.3) is 0 Å². The van der Waals surface area contributed by atoms with E-state index in [4.69, 9.17) is 5.11 Å². The second kappa shape index (κ2) is 7.20. The molecule has 0 bridgehead atoms. The van der Waals surface area contributed by atoms with Gasteiger partial charge in [-0.15, -0.1) is 0 Å². The number of carboxylic acids is 1. The van der Waals surface area contributed by atoms with Gasteiger partial charge in [-0.2, -0.15) is 0 Å². The van der Waals surface area contributed by atoms with Crippen molar-refractivity contribution in [3.05, 3.63) is 0 Å². The molecule has 1 saturated heterocycles. The van der Waals surface area contributed by atoms with Crippen LogP contribution in [0.4, 0.5) is 4.79 Å². The number of aliphatic carboxylic acids is 1. The number of carbonyl (C=O) groups is 2. The number of hydrogen-bond acceptors (Lipinski definition) is 3. The number of amides is 2. The third-order valence-electron chi connectivity index (χ3n) is 2.79. The highest BCUT2D eigenvalue weighted by molar-refractivity contribution is 5.80. The van der Waals surface area contributed by atoms with Gasteiger partial charge in [-0.05, 0) is 18.9 Å². The Kier molecular flexibility index (Phi) is 5.91. The van der Waals surface area contributed by atoms with Crippen molar-refractivity contribution in [3.63, 3.8) is 0 Å². The predicted octanol–water partition coefficient (Wildman–Crippen LogP) is 0.444. The van der Waals surface area contributed by atoms with Crippen LogP contribution in [0.5, 0.6) is 0 Å². The Balaban J connectivity index is 2.63. The molecular weight excluding hydrogens is 234 g/mol. The number of nitrogens with one attached hydrogen (secondary N) is 1. The minimum absolute atomic E-state index is 0.158. The zero-order chi connectivity index (χ0) is 13.5. The normalized spacial score (nSPS) is 16.5. The molecule has 1 rings (SSSR count). The van der Waals surface area contributed by atoms with Crippen LogP contribution in [0.3, 0.4) is 0 Å². The Hall–Kier alpha value is -1.30. The van der Waals surface area contributed by atoms with Gasteiger partial charge in [-0.1, -0.05) is 13.8 Å². The molecule has 1 heterocycles. The smallest absolute Gasteiger partial charge is 0.323 e. The van der Waals surface area contributed by atoms with Gasteiger partial charge in [0.05, 0.1) is 0 Å². The molecule has 1 aliphatic heterocycles. The number of urea groups is 1. The van der Waals surface area contributed by atoms with Crippen LogP contribution < -0.4 is 5.32 Å². The molecule has 2 amide bonds. The molecule has 104 valence electrons. The standard InChI is InChI=1S/C12H23N3O3/c1-10(2)8-15(9-11(16)17)12(18)14-6-3-4-13-5-7-14/h10,13H,3-9H2,1-2H3,(H,16,17). The van der Waals surface area contributed by atoms with Gasteiger partial charge in [0.2, 0.25) is 0 Å². The summed E-state index contributed by atoms with van der Waals surface area (Å²) in [6, 6.07) is -0.158. The van der Waals surface area contributed by atoms with Crippen LogP contribution in [-0.2, 0) is 4.79 Å². The number of nitrogens with zero attached hydrogens (tertiary/aromatic N) is 2. The summed E-state index contributed by atoms with van der Waals surface area (Å²) in [6.07, 6.45) is 0.911. The average Bonchev–Trinajstić information content (AvgIpc) is 2.54. The van der Waals surface area contributed by atoms with Crippen LogP contribution in [0.1, 0.15) is 20.3 Å². The van der Waals surface area contributed by atoms with E-state index in [0.717, 1.165) is 19.5 Å². The summed E-state index contributed by atoms with van der Waals surface area (Å²) < 4.78 is 0. The van der Waals surface area contributed by atoms with E-state index in [-0.39, 0.29) is 18.5 Å². The minimum atomic E-state index is -0.961. The Labute approximate surface area is 108 Å². The Morgan fingerprint density at radius 3 is 2.67 bits per heavy atom. The summed E-state index contributed by atoms with van der Waals surface area (Å²) in [5, 5.41) is 12.1. The van der Waals surface area contributed by atoms with E-state index in [2.05, 4.69) is 5.32 Å². The largest absolute Gasteiger partial charge is 0.480 e. The maximum absolute atomic E-state index is 12.3. The first-order chi connectivity index (χ1) is 8.50. The first-order valence-electron chi connectivity index (χ1n) is 6.47. The van der Waals surface area contributed by atoms with Gasteiger partial charge < -0.3 is 20.2 Å². The number of carboxylic acid groups (broad SMARTS) is 1. The third-order valence-corrected chi connectivity index (χ3v) is 2.79. The van der Waals surface area contributed by atoms with Crippen molar-refractivity contribution >= 4 is 12.0 Å². The summed E-state index contributed by atoms with van der Waals surface area (Å²) in [6.45, 7) is 7.24. The van der Waals surface area contributed by atoms with Gasteiger partial charge in [0, 0.05) is 26.2 Å². The SMILES string of the molecule is CC(C)CN(CC(=O)O)C(=O)N1CCCNCC1. The topological polar surface area (TPSA) is 72.9 Å². The van der Waals surface area contributed by atoms with E-state index in [1.165, 1.54) is 4.90 Å². The molecule has 1 fully saturated rings. The first kappa shape index (κ1) is 14.8.